The van der Waals surface area contributed by atoms with Crippen LogP contribution >= 0.6 is 27.5 Å². The van der Waals surface area contributed by atoms with Crippen LogP contribution in [0.15, 0.2) is 21.6 Å². The van der Waals surface area contributed by atoms with Crippen molar-refractivity contribution in [3.05, 3.63) is 21.9 Å². The number of hydrogen-bond donors (Lipinski definition) is 0. The number of halogens is 2. The number of sulfonamides is 1. The zero-order valence-corrected chi connectivity index (χ0v) is 13.7. The van der Waals surface area contributed by atoms with Crippen molar-refractivity contribution in [1.82, 2.24) is 9.29 Å². The molecule has 0 saturated carbocycles. The zero-order valence-electron chi connectivity index (χ0n) is 10.5. The van der Waals surface area contributed by atoms with E-state index >= 15 is 0 Å². The third kappa shape index (κ3) is 2.98. The van der Waals surface area contributed by atoms with Crippen LogP contribution in [-0.4, -0.2) is 43.9 Å². The van der Waals surface area contributed by atoms with Crippen LogP contribution in [0.4, 0.5) is 0 Å². The van der Waals surface area contributed by atoms with E-state index in [-0.39, 0.29) is 23.1 Å². The Kier molecular flexibility index (Phi) is 4.68. The molecule has 1 aliphatic rings. The molecule has 1 aliphatic heterocycles. The molecular formula is C11H12BrClN2O4S. The van der Waals surface area contributed by atoms with Crippen molar-refractivity contribution >= 4 is 43.5 Å². The SMILES string of the molecule is COC(=O)C1CCN(S(=O)(=O)c2cc(Br)cnc2Cl)C1. The second-order valence-corrected chi connectivity index (χ2v) is 7.49. The Morgan fingerprint density at radius 1 is 1.60 bits per heavy atom. The summed E-state index contributed by atoms with van der Waals surface area (Å²) in [5, 5.41) is -0.0882. The minimum absolute atomic E-state index is 0.0703. The monoisotopic (exact) mass is 382 g/mol. The van der Waals surface area contributed by atoms with Gasteiger partial charge in [-0.2, -0.15) is 4.31 Å². The van der Waals surface area contributed by atoms with Gasteiger partial charge in [-0.15, -0.1) is 0 Å². The lowest BCUT2D eigenvalue weighted by atomic mass is 10.1. The maximum Gasteiger partial charge on any atom is 0.310 e. The molecule has 1 atom stereocenters. The minimum Gasteiger partial charge on any atom is -0.469 e. The molecule has 6 nitrogen and oxygen atoms in total. The lowest BCUT2D eigenvalue weighted by Gasteiger charge is -2.16. The molecule has 20 heavy (non-hydrogen) atoms. The summed E-state index contributed by atoms with van der Waals surface area (Å²) in [6.45, 7) is 0.350. The van der Waals surface area contributed by atoms with E-state index in [0.717, 1.165) is 0 Å². The van der Waals surface area contributed by atoms with Crippen molar-refractivity contribution in [3.8, 4) is 0 Å². The maximum absolute atomic E-state index is 12.5. The van der Waals surface area contributed by atoms with Crippen LogP contribution < -0.4 is 0 Å². The molecule has 1 unspecified atom stereocenters. The largest absolute Gasteiger partial charge is 0.469 e. The first-order valence-electron chi connectivity index (χ1n) is 5.75. The Morgan fingerprint density at radius 3 is 2.95 bits per heavy atom. The summed E-state index contributed by atoms with van der Waals surface area (Å²) >= 11 is 9.02. The van der Waals surface area contributed by atoms with Crippen LogP contribution in [0.25, 0.3) is 0 Å². The van der Waals surface area contributed by atoms with E-state index in [9.17, 15) is 13.2 Å². The van der Waals surface area contributed by atoms with Crippen LogP contribution in [0.3, 0.4) is 0 Å². The number of methoxy groups -OCH3 is 1. The van der Waals surface area contributed by atoms with E-state index in [2.05, 4.69) is 25.7 Å². The lowest BCUT2D eigenvalue weighted by molar-refractivity contribution is -0.144. The van der Waals surface area contributed by atoms with Gasteiger partial charge in [-0.25, -0.2) is 13.4 Å². The number of carbonyl (C=O) groups is 1. The van der Waals surface area contributed by atoms with Gasteiger partial charge in [0.1, 0.15) is 10.0 Å². The van der Waals surface area contributed by atoms with E-state index < -0.39 is 21.9 Å². The molecule has 1 aromatic rings. The average Bonchev–Trinajstić information content (AvgIpc) is 2.91. The summed E-state index contributed by atoms with van der Waals surface area (Å²) in [4.78, 5) is 15.2. The molecule has 110 valence electrons. The standard InChI is InChI=1S/C11H12BrClN2O4S/c1-19-11(16)7-2-3-15(6-7)20(17,18)9-4-8(12)5-14-10(9)13/h4-5,7H,2-3,6H2,1H3. The number of ether oxygens (including phenoxy) is 1. The molecule has 0 aliphatic carbocycles. The lowest BCUT2D eigenvalue weighted by Crippen LogP contribution is -2.30. The van der Waals surface area contributed by atoms with Crippen LogP contribution in [-0.2, 0) is 19.6 Å². The highest BCUT2D eigenvalue weighted by Crippen LogP contribution is 2.29. The van der Waals surface area contributed by atoms with Gasteiger partial charge in [-0.05, 0) is 28.4 Å². The van der Waals surface area contributed by atoms with E-state index in [1.807, 2.05) is 0 Å². The number of esters is 1. The first kappa shape index (κ1) is 15.7. The van der Waals surface area contributed by atoms with E-state index in [0.29, 0.717) is 10.9 Å². The van der Waals surface area contributed by atoms with Crippen molar-refractivity contribution in [2.75, 3.05) is 20.2 Å². The van der Waals surface area contributed by atoms with Crippen molar-refractivity contribution in [2.24, 2.45) is 5.92 Å². The summed E-state index contributed by atoms with van der Waals surface area (Å²) in [7, 11) is -2.48. The molecular weight excluding hydrogens is 372 g/mol. The predicted octanol–water partition coefficient (Wildman–Crippen LogP) is 1.68. The van der Waals surface area contributed by atoms with Crippen molar-refractivity contribution < 1.29 is 17.9 Å². The molecule has 1 aromatic heterocycles. The van der Waals surface area contributed by atoms with Gasteiger partial charge < -0.3 is 4.74 Å². The Hall–Kier alpha value is -0.700. The molecule has 0 amide bonds. The molecule has 0 spiro atoms. The van der Waals surface area contributed by atoms with Crippen molar-refractivity contribution in [2.45, 2.75) is 11.3 Å². The third-order valence-corrected chi connectivity index (χ3v) is 5.80. The minimum atomic E-state index is -3.77. The fourth-order valence-electron chi connectivity index (χ4n) is 2.03. The van der Waals surface area contributed by atoms with Gasteiger partial charge in [0.15, 0.2) is 0 Å². The molecule has 1 saturated heterocycles. The highest BCUT2D eigenvalue weighted by molar-refractivity contribution is 9.10. The maximum atomic E-state index is 12.5. The van der Waals surface area contributed by atoms with Gasteiger partial charge in [-0.1, -0.05) is 11.6 Å². The van der Waals surface area contributed by atoms with Crippen LogP contribution in [0.5, 0.6) is 0 Å². The number of rotatable bonds is 3. The quantitative estimate of drug-likeness (QED) is 0.586. The molecule has 0 N–H and O–H groups in total. The van der Waals surface area contributed by atoms with Gasteiger partial charge in [0.25, 0.3) is 0 Å². The first-order chi connectivity index (χ1) is 9.36. The molecule has 0 bridgehead atoms. The Labute approximate surface area is 130 Å². The molecule has 9 heteroatoms. The third-order valence-electron chi connectivity index (χ3n) is 3.08. The van der Waals surface area contributed by atoms with Gasteiger partial charge in [0.2, 0.25) is 10.0 Å². The summed E-state index contributed by atoms with van der Waals surface area (Å²) < 4.78 is 31.4. The summed E-state index contributed by atoms with van der Waals surface area (Å²) in [5.41, 5.74) is 0. The number of carbonyl (C=O) groups excluding carboxylic acids is 1. The van der Waals surface area contributed by atoms with E-state index in [1.165, 1.54) is 23.7 Å². The van der Waals surface area contributed by atoms with Crippen molar-refractivity contribution in [1.29, 1.82) is 0 Å². The Bertz CT molecular complexity index is 637. The fraction of sp³-hybridized carbons (Fsp3) is 0.455. The average molecular weight is 384 g/mol. The Morgan fingerprint density at radius 2 is 2.30 bits per heavy atom. The predicted molar refractivity (Wildman–Crippen MR) is 75.8 cm³/mol. The van der Waals surface area contributed by atoms with Crippen molar-refractivity contribution in [3.63, 3.8) is 0 Å². The number of pyridine rings is 1. The van der Waals surface area contributed by atoms with Gasteiger partial charge in [0.05, 0.1) is 13.0 Å². The second kappa shape index (κ2) is 5.97. The zero-order chi connectivity index (χ0) is 14.9. The first-order valence-corrected chi connectivity index (χ1v) is 8.36. The molecule has 2 heterocycles. The Balaban J connectivity index is 2.28. The number of aromatic nitrogens is 1. The van der Waals surface area contributed by atoms with E-state index in [4.69, 9.17) is 11.6 Å². The van der Waals surface area contributed by atoms with Gasteiger partial charge >= 0.3 is 5.97 Å². The van der Waals surface area contributed by atoms with Gasteiger partial charge in [-0.3, -0.25) is 4.79 Å². The van der Waals surface area contributed by atoms with Gasteiger partial charge in [0, 0.05) is 23.8 Å². The van der Waals surface area contributed by atoms with Crippen LogP contribution in [0.2, 0.25) is 5.15 Å². The van der Waals surface area contributed by atoms with Crippen LogP contribution in [0.1, 0.15) is 6.42 Å². The summed E-state index contributed by atoms with van der Waals surface area (Å²) in [6, 6.07) is 1.40. The van der Waals surface area contributed by atoms with Crippen LogP contribution in [0, 0.1) is 5.92 Å². The molecule has 0 aromatic carbocycles. The molecule has 2 rings (SSSR count). The molecule has 0 radical (unpaired) electrons. The number of hydrogen-bond acceptors (Lipinski definition) is 5. The normalized spacial score (nSPS) is 20.1. The number of nitrogens with zero attached hydrogens (tertiary/aromatic N) is 2. The smallest absolute Gasteiger partial charge is 0.310 e. The second-order valence-electron chi connectivity index (χ2n) is 4.31. The fourth-order valence-corrected chi connectivity index (χ4v) is 4.45. The highest BCUT2D eigenvalue weighted by Gasteiger charge is 2.37. The summed E-state index contributed by atoms with van der Waals surface area (Å²) in [6.07, 6.45) is 1.85. The summed E-state index contributed by atoms with van der Waals surface area (Å²) in [5.74, 6) is -0.838. The van der Waals surface area contributed by atoms with E-state index in [1.54, 1.807) is 0 Å². The highest BCUT2D eigenvalue weighted by atomic mass is 79.9. The molecule has 1 fully saturated rings. The topological polar surface area (TPSA) is 76.6 Å².